The van der Waals surface area contributed by atoms with Crippen molar-refractivity contribution in [1.82, 2.24) is 10.3 Å². The molecule has 0 fully saturated rings. The van der Waals surface area contributed by atoms with Crippen LogP contribution in [0.1, 0.15) is 23.5 Å². The zero-order valence-electron chi connectivity index (χ0n) is 11.0. The molecule has 1 heterocycles. The Morgan fingerprint density at radius 2 is 2.32 bits per heavy atom. The first-order chi connectivity index (χ1) is 9.15. The lowest BCUT2D eigenvalue weighted by molar-refractivity contribution is -0.115. The van der Waals surface area contributed by atoms with Gasteiger partial charge in [-0.1, -0.05) is 12.1 Å². The summed E-state index contributed by atoms with van der Waals surface area (Å²) in [7, 11) is 0. The third kappa shape index (κ3) is 4.15. The van der Waals surface area contributed by atoms with Gasteiger partial charge in [0, 0.05) is 17.3 Å². The summed E-state index contributed by atoms with van der Waals surface area (Å²) >= 11 is 1.58. The van der Waals surface area contributed by atoms with Crippen molar-refractivity contribution in [3.8, 4) is 0 Å². The molecule has 0 aliphatic carbocycles. The summed E-state index contributed by atoms with van der Waals surface area (Å²) in [6.07, 6.45) is 1.77. The van der Waals surface area contributed by atoms with E-state index in [9.17, 15) is 4.79 Å². The molecule has 0 aliphatic rings. The van der Waals surface area contributed by atoms with Crippen molar-refractivity contribution in [3.05, 3.63) is 46.4 Å². The number of hydrogen-bond acceptors (Lipinski definition) is 4. The number of nitrogens with one attached hydrogen (secondary N) is 2. The third-order valence-electron chi connectivity index (χ3n) is 2.69. The van der Waals surface area contributed by atoms with Gasteiger partial charge in [0.25, 0.3) is 0 Å². The minimum atomic E-state index is -0.0472. The quantitative estimate of drug-likeness (QED) is 0.882. The van der Waals surface area contributed by atoms with Gasteiger partial charge in [-0.25, -0.2) is 4.98 Å². The molecule has 0 saturated carbocycles. The second-order valence-corrected chi connectivity index (χ2v) is 5.32. The van der Waals surface area contributed by atoms with E-state index in [1.54, 1.807) is 17.5 Å². The average molecular weight is 275 g/mol. The first kappa shape index (κ1) is 13.7. The standard InChI is InChI=1S/C14H17N3OS/c1-10-4-3-5-12(8-10)17-13(18)9-16-11(2)14-15-6-7-19-14/h3-8,11,16H,9H2,1-2H3,(H,17,18). The van der Waals surface area contributed by atoms with Crippen LogP contribution < -0.4 is 10.6 Å². The Bertz CT molecular complexity index is 539. The van der Waals surface area contributed by atoms with Crippen LogP contribution in [0.3, 0.4) is 0 Å². The van der Waals surface area contributed by atoms with Gasteiger partial charge in [-0.2, -0.15) is 0 Å². The summed E-state index contributed by atoms with van der Waals surface area (Å²) < 4.78 is 0. The fourth-order valence-corrected chi connectivity index (χ4v) is 2.38. The van der Waals surface area contributed by atoms with E-state index in [1.165, 1.54) is 0 Å². The third-order valence-corrected chi connectivity index (χ3v) is 3.65. The maximum Gasteiger partial charge on any atom is 0.238 e. The zero-order valence-corrected chi connectivity index (χ0v) is 11.8. The summed E-state index contributed by atoms with van der Waals surface area (Å²) in [6.45, 7) is 4.27. The van der Waals surface area contributed by atoms with Crippen LogP contribution in [0.15, 0.2) is 35.8 Å². The molecule has 4 nitrogen and oxygen atoms in total. The van der Waals surface area contributed by atoms with Crippen molar-refractivity contribution < 1.29 is 4.79 Å². The second-order valence-electron chi connectivity index (χ2n) is 4.39. The summed E-state index contributed by atoms with van der Waals surface area (Å²) in [5.74, 6) is -0.0472. The van der Waals surface area contributed by atoms with Crippen LogP contribution in [-0.4, -0.2) is 17.4 Å². The van der Waals surface area contributed by atoms with Gasteiger partial charge < -0.3 is 5.32 Å². The van der Waals surface area contributed by atoms with Crippen molar-refractivity contribution in [1.29, 1.82) is 0 Å². The van der Waals surface area contributed by atoms with Crippen molar-refractivity contribution in [2.45, 2.75) is 19.9 Å². The Morgan fingerprint density at radius 1 is 1.47 bits per heavy atom. The van der Waals surface area contributed by atoms with Crippen molar-refractivity contribution in [3.63, 3.8) is 0 Å². The Kier molecular flexibility index (Phi) is 4.65. The molecule has 1 amide bonds. The normalized spacial score (nSPS) is 12.1. The second kappa shape index (κ2) is 6.45. The molecule has 1 aromatic heterocycles. The number of carbonyl (C=O) groups is 1. The highest BCUT2D eigenvalue weighted by Crippen LogP contribution is 2.14. The van der Waals surface area contributed by atoms with E-state index in [0.29, 0.717) is 0 Å². The number of aromatic nitrogens is 1. The van der Waals surface area contributed by atoms with Crippen molar-refractivity contribution in [2.75, 3.05) is 11.9 Å². The van der Waals surface area contributed by atoms with Crippen LogP contribution in [0, 0.1) is 6.92 Å². The molecule has 0 radical (unpaired) electrons. The predicted octanol–water partition coefficient (Wildman–Crippen LogP) is 2.74. The van der Waals surface area contributed by atoms with E-state index in [2.05, 4.69) is 15.6 Å². The van der Waals surface area contributed by atoms with E-state index in [1.807, 2.05) is 43.5 Å². The van der Waals surface area contributed by atoms with Gasteiger partial charge in [0.15, 0.2) is 0 Å². The van der Waals surface area contributed by atoms with Gasteiger partial charge in [-0.3, -0.25) is 10.1 Å². The molecule has 2 N–H and O–H groups in total. The minimum Gasteiger partial charge on any atom is -0.325 e. The molecule has 0 bridgehead atoms. The molecule has 1 aromatic carbocycles. The first-order valence-corrected chi connectivity index (χ1v) is 7.02. The molecule has 5 heteroatoms. The van der Waals surface area contributed by atoms with Gasteiger partial charge in [-0.15, -0.1) is 11.3 Å². The van der Waals surface area contributed by atoms with Gasteiger partial charge >= 0.3 is 0 Å². The minimum absolute atomic E-state index is 0.0472. The summed E-state index contributed by atoms with van der Waals surface area (Å²) in [5.41, 5.74) is 1.95. The number of rotatable bonds is 5. The van der Waals surface area contributed by atoms with Crippen molar-refractivity contribution >= 4 is 22.9 Å². The smallest absolute Gasteiger partial charge is 0.238 e. The van der Waals surface area contributed by atoms with E-state index in [-0.39, 0.29) is 18.5 Å². The molecule has 100 valence electrons. The zero-order chi connectivity index (χ0) is 13.7. The SMILES string of the molecule is Cc1cccc(NC(=O)CNC(C)c2nccs2)c1. The van der Waals surface area contributed by atoms with Gasteiger partial charge in [0.05, 0.1) is 12.6 Å². The lowest BCUT2D eigenvalue weighted by Crippen LogP contribution is -2.30. The number of carbonyl (C=O) groups excluding carboxylic acids is 1. The van der Waals surface area contributed by atoms with Gasteiger partial charge in [0.1, 0.15) is 5.01 Å². The van der Waals surface area contributed by atoms with Crippen LogP contribution in [0.4, 0.5) is 5.69 Å². The number of nitrogens with zero attached hydrogens (tertiary/aromatic N) is 1. The highest BCUT2D eigenvalue weighted by atomic mass is 32.1. The van der Waals surface area contributed by atoms with Crippen LogP contribution in [0.25, 0.3) is 0 Å². The molecule has 0 aliphatic heterocycles. The van der Waals surface area contributed by atoms with Crippen LogP contribution >= 0.6 is 11.3 Å². The summed E-state index contributed by atoms with van der Waals surface area (Å²) in [6, 6.07) is 7.84. The van der Waals surface area contributed by atoms with Gasteiger partial charge in [0.2, 0.25) is 5.91 Å². The molecule has 2 rings (SSSR count). The van der Waals surface area contributed by atoms with E-state index < -0.39 is 0 Å². The van der Waals surface area contributed by atoms with Crippen LogP contribution in [-0.2, 0) is 4.79 Å². The lowest BCUT2D eigenvalue weighted by Gasteiger charge is -2.11. The fraction of sp³-hybridized carbons (Fsp3) is 0.286. The summed E-state index contributed by atoms with van der Waals surface area (Å²) in [4.78, 5) is 16.0. The monoisotopic (exact) mass is 275 g/mol. The van der Waals surface area contributed by atoms with E-state index in [4.69, 9.17) is 0 Å². The number of anilines is 1. The number of benzene rings is 1. The maximum atomic E-state index is 11.8. The molecule has 0 spiro atoms. The molecule has 1 atom stereocenters. The number of aryl methyl sites for hydroxylation is 1. The lowest BCUT2D eigenvalue weighted by atomic mass is 10.2. The Labute approximate surface area is 116 Å². The summed E-state index contributed by atoms with van der Waals surface area (Å²) in [5, 5.41) is 8.94. The molecule has 19 heavy (non-hydrogen) atoms. The van der Waals surface area contributed by atoms with Crippen LogP contribution in [0.5, 0.6) is 0 Å². The van der Waals surface area contributed by atoms with Gasteiger partial charge in [-0.05, 0) is 31.5 Å². The van der Waals surface area contributed by atoms with E-state index in [0.717, 1.165) is 16.3 Å². The largest absolute Gasteiger partial charge is 0.325 e. The maximum absolute atomic E-state index is 11.8. The Morgan fingerprint density at radius 3 is 3.00 bits per heavy atom. The Balaban J connectivity index is 1.82. The highest BCUT2D eigenvalue weighted by Gasteiger charge is 2.09. The Hall–Kier alpha value is -1.72. The topological polar surface area (TPSA) is 54.0 Å². The fourth-order valence-electron chi connectivity index (χ4n) is 1.71. The first-order valence-electron chi connectivity index (χ1n) is 6.14. The van der Waals surface area contributed by atoms with E-state index >= 15 is 0 Å². The molecule has 0 saturated heterocycles. The number of hydrogen-bond donors (Lipinski definition) is 2. The average Bonchev–Trinajstić information content (AvgIpc) is 2.90. The number of thiazole rings is 1. The predicted molar refractivity (Wildman–Crippen MR) is 78.3 cm³/mol. The molecular weight excluding hydrogens is 258 g/mol. The molecular formula is C14H17N3OS. The molecule has 2 aromatic rings. The molecule has 1 unspecified atom stereocenters. The highest BCUT2D eigenvalue weighted by molar-refractivity contribution is 7.09. The number of amides is 1. The van der Waals surface area contributed by atoms with Crippen LogP contribution in [0.2, 0.25) is 0 Å². The van der Waals surface area contributed by atoms with Crippen molar-refractivity contribution in [2.24, 2.45) is 0 Å².